The van der Waals surface area contributed by atoms with Crippen LogP contribution in [0.15, 0.2) is 18.2 Å². The first kappa shape index (κ1) is 8.81. The van der Waals surface area contributed by atoms with Crippen molar-refractivity contribution in [1.29, 1.82) is 0 Å². The molecule has 0 spiro atoms. The first-order valence-electron chi connectivity index (χ1n) is 3.24. The van der Waals surface area contributed by atoms with Crippen LogP contribution in [0.1, 0.15) is 5.56 Å². The molecular weight excluding hydrogens is 177 g/mol. The second-order valence-electron chi connectivity index (χ2n) is 2.29. The zero-order valence-electron chi connectivity index (χ0n) is 6.35. The van der Waals surface area contributed by atoms with Crippen molar-refractivity contribution < 1.29 is 9.49 Å². The van der Waals surface area contributed by atoms with Gasteiger partial charge in [-0.3, -0.25) is 14.7 Å². The summed E-state index contributed by atoms with van der Waals surface area (Å²) in [7, 11) is -0.314. The van der Waals surface area contributed by atoms with Crippen molar-refractivity contribution in [2.24, 2.45) is 0 Å². The summed E-state index contributed by atoms with van der Waals surface area (Å²) >= 11 is 0. The van der Waals surface area contributed by atoms with Gasteiger partial charge in [0.15, 0.2) is 8.46 Å². The van der Waals surface area contributed by atoms with Crippen molar-refractivity contribution in [3.63, 3.8) is 0 Å². The Kier molecular flexibility index (Phi) is 2.51. The van der Waals surface area contributed by atoms with Gasteiger partial charge in [-0.05, 0) is 13.0 Å². The van der Waals surface area contributed by atoms with Gasteiger partial charge in [0.2, 0.25) is 0 Å². The lowest BCUT2D eigenvalue weighted by molar-refractivity contribution is -0.384. The fourth-order valence-electron chi connectivity index (χ4n) is 0.955. The van der Waals surface area contributed by atoms with E-state index < -0.39 is 4.92 Å². The fourth-order valence-corrected chi connectivity index (χ4v) is 1.45. The minimum absolute atomic E-state index is 0.0610. The van der Waals surface area contributed by atoms with Crippen LogP contribution in [0.25, 0.3) is 0 Å². The van der Waals surface area contributed by atoms with Crippen molar-refractivity contribution in [2.45, 2.75) is 6.92 Å². The van der Waals surface area contributed by atoms with Gasteiger partial charge >= 0.3 is 0 Å². The molecule has 0 aliphatic carbocycles. The van der Waals surface area contributed by atoms with Gasteiger partial charge < -0.3 is 0 Å². The molecule has 0 saturated heterocycles. The third-order valence-electron chi connectivity index (χ3n) is 1.50. The van der Waals surface area contributed by atoms with Gasteiger partial charge in [-0.25, -0.2) is 0 Å². The van der Waals surface area contributed by atoms with Crippen LogP contribution in [0.3, 0.4) is 0 Å². The third kappa shape index (κ3) is 1.48. The Bertz CT molecular complexity index is 337. The Balaban J connectivity index is 3.39. The van der Waals surface area contributed by atoms with Crippen LogP contribution in [-0.4, -0.2) is 4.92 Å². The van der Waals surface area contributed by atoms with Crippen LogP contribution < -0.4 is 5.30 Å². The van der Waals surface area contributed by atoms with Crippen LogP contribution in [0, 0.1) is 17.0 Å². The highest BCUT2D eigenvalue weighted by molar-refractivity contribution is 7.34. The third-order valence-corrected chi connectivity index (χ3v) is 2.05. The molecule has 0 aliphatic heterocycles. The van der Waals surface area contributed by atoms with E-state index in [0.29, 0.717) is 5.56 Å². The molecule has 5 heteroatoms. The lowest BCUT2D eigenvalue weighted by Gasteiger charge is -1.96. The fraction of sp³-hybridized carbons (Fsp3) is 0.143. The molecule has 62 valence electrons. The van der Waals surface area contributed by atoms with E-state index >= 15 is 0 Å². The van der Waals surface area contributed by atoms with Gasteiger partial charge in [-0.15, -0.1) is 0 Å². The molecule has 0 N–H and O–H groups in total. The topological polar surface area (TPSA) is 60.2 Å². The monoisotopic (exact) mass is 183 g/mol. The molecule has 0 aromatic heterocycles. The highest BCUT2D eigenvalue weighted by Gasteiger charge is 2.16. The SMILES string of the molecule is Cc1cccc(P=O)c1[N+](=O)[O-]. The Morgan fingerprint density at radius 3 is 2.58 bits per heavy atom. The largest absolute Gasteiger partial charge is 0.287 e. The molecule has 1 aromatic rings. The standard InChI is InChI=1S/C7H6NO3P/c1-5-3-2-4-6(12-11)7(5)8(9)10/h2-4H,1H3. The minimum Gasteiger partial charge on any atom is -0.269 e. The molecule has 0 aliphatic rings. The number of nitro groups is 1. The molecule has 1 aromatic carbocycles. The van der Waals surface area contributed by atoms with E-state index in [9.17, 15) is 14.7 Å². The number of hydrogen-bond acceptors (Lipinski definition) is 3. The number of benzene rings is 1. The van der Waals surface area contributed by atoms with Gasteiger partial charge in [-0.1, -0.05) is 12.1 Å². The number of nitro benzene ring substituents is 1. The maximum Gasteiger partial charge on any atom is 0.287 e. The van der Waals surface area contributed by atoms with Crippen LogP contribution in [0.5, 0.6) is 0 Å². The highest BCUT2D eigenvalue weighted by Crippen LogP contribution is 2.17. The predicted octanol–water partition coefficient (Wildman–Crippen LogP) is 1.82. The van der Waals surface area contributed by atoms with Gasteiger partial charge in [0.25, 0.3) is 5.69 Å². The first-order chi connectivity index (χ1) is 5.66. The predicted molar refractivity (Wildman–Crippen MR) is 45.1 cm³/mol. The molecule has 0 heterocycles. The Hall–Kier alpha value is -1.28. The second-order valence-corrected chi connectivity index (χ2v) is 2.96. The first-order valence-corrected chi connectivity index (χ1v) is 4.05. The molecular formula is C7H6NO3P. The molecule has 0 radical (unpaired) electrons. The quantitative estimate of drug-likeness (QED) is 0.399. The van der Waals surface area contributed by atoms with Crippen LogP contribution in [0.4, 0.5) is 5.69 Å². The molecule has 0 amide bonds. The lowest BCUT2D eigenvalue weighted by atomic mass is 10.2. The minimum atomic E-state index is -0.518. The van der Waals surface area contributed by atoms with Crippen molar-refractivity contribution in [3.8, 4) is 0 Å². The average molecular weight is 183 g/mol. The smallest absolute Gasteiger partial charge is 0.269 e. The van der Waals surface area contributed by atoms with E-state index in [0.717, 1.165) is 0 Å². The number of hydrogen-bond donors (Lipinski definition) is 0. The molecule has 0 saturated carbocycles. The summed E-state index contributed by atoms with van der Waals surface area (Å²) in [5.41, 5.74) is 0.468. The highest BCUT2D eigenvalue weighted by atomic mass is 31.1. The number of nitrogens with zero attached hydrogens (tertiary/aromatic N) is 1. The van der Waals surface area contributed by atoms with E-state index in [1.807, 2.05) is 0 Å². The molecule has 1 rings (SSSR count). The molecule has 4 nitrogen and oxygen atoms in total. The van der Waals surface area contributed by atoms with Crippen LogP contribution >= 0.6 is 8.46 Å². The summed E-state index contributed by atoms with van der Waals surface area (Å²) in [6.45, 7) is 1.62. The van der Waals surface area contributed by atoms with E-state index in [-0.39, 0.29) is 19.5 Å². The van der Waals surface area contributed by atoms with Gasteiger partial charge in [-0.2, -0.15) is 0 Å². The maximum atomic E-state index is 10.5. The Labute approximate surface area is 70.6 Å². The van der Waals surface area contributed by atoms with Crippen LogP contribution in [0.2, 0.25) is 0 Å². The van der Waals surface area contributed by atoms with Crippen molar-refractivity contribution in [3.05, 3.63) is 33.9 Å². The van der Waals surface area contributed by atoms with E-state index in [1.165, 1.54) is 6.07 Å². The van der Waals surface area contributed by atoms with Gasteiger partial charge in [0, 0.05) is 5.56 Å². The van der Waals surface area contributed by atoms with E-state index in [4.69, 9.17) is 0 Å². The van der Waals surface area contributed by atoms with Crippen molar-refractivity contribution in [2.75, 3.05) is 0 Å². The lowest BCUT2D eigenvalue weighted by Crippen LogP contribution is -2.03. The van der Waals surface area contributed by atoms with E-state index in [2.05, 4.69) is 0 Å². The van der Waals surface area contributed by atoms with Crippen LogP contribution in [-0.2, 0) is 4.57 Å². The Morgan fingerprint density at radius 2 is 2.17 bits per heavy atom. The van der Waals surface area contributed by atoms with Gasteiger partial charge in [0.1, 0.15) is 5.30 Å². The maximum absolute atomic E-state index is 10.5. The summed E-state index contributed by atoms with van der Waals surface area (Å²) in [6, 6.07) is 4.73. The number of aryl methyl sites for hydroxylation is 1. The second kappa shape index (κ2) is 3.41. The van der Waals surface area contributed by atoms with Crippen molar-refractivity contribution in [1.82, 2.24) is 0 Å². The summed E-state index contributed by atoms with van der Waals surface area (Å²) < 4.78 is 10.5. The zero-order chi connectivity index (χ0) is 9.14. The normalized spacial score (nSPS) is 10.1. The summed E-state index contributed by atoms with van der Waals surface area (Å²) in [5, 5.41) is 10.7. The average Bonchev–Trinajstić information content (AvgIpc) is 2.03. The molecule has 0 bridgehead atoms. The van der Waals surface area contributed by atoms with E-state index in [1.54, 1.807) is 19.1 Å². The van der Waals surface area contributed by atoms with Crippen molar-refractivity contribution >= 4 is 19.5 Å². The number of para-hydroxylation sites is 1. The summed E-state index contributed by atoms with van der Waals surface area (Å²) in [5.74, 6) is 0. The van der Waals surface area contributed by atoms with Gasteiger partial charge in [0.05, 0.1) is 4.92 Å². The molecule has 0 atom stereocenters. The molecule has 0 fully saturated rings. The molecule has 12 heavy (non-hydrogen) atoms. The summed E-state index contributed by atoms with van der Waals surface area (Å²) in [4.78, 5) is 9.95. The summed E-state index contributed by atoms with van der Waals surface area (Å²) in [6.07, 6.45) is 0. The Morgan fingerprint density at radius 1 is 1.50 bits per heavy atom. The number of rotatable bonds is 2. The zero-order valence-corrected chi connectivity index (χ0v) is 7.25. The molecule has 0 unspecified atom stereocenters.